The minimum absolute atomic E-state index is 0.0427. The molecule has 0 spiro atoms. The average molecular weight is 465 g/mol. The lowest BCUT2D eigenvalue weighted by Crippen LogP contribution is -2.36. The highest BCUT2D eigenvalue weighted by molar-refractivity contribution is 7.16. The molecule has 1 aliphatic heterocycles. The summed E-state index contributed by atoms with van der Waals surface area (Å²) in [6, 6.07) is 7.86. The van der Waals surface area contributed by atoms with Crippen molar-refractivity contribution in [1.82, 2.24) is 19.4 Å². The number of ether oxygens (including phenoxy) is 1. The number of anilines is 1. The van der Waals surface area contributed by atoms with E-state index in [1.165, 1.54) is 11.3 Å². The van der Waals surface area contributed by atoms with E-state index in [1.807, 2.05) is 35.9 Å². The number of nitrogens with one attached hydrogen (secondary N) is 1. The van der Waals surface area contributed by atoms with Crippen molar-refractivity contribution in [3.63, 3.8) is 0 Å². The zero-order valence-electron chi connectivity index (χ0n) is 18.2. The van der Waals surface area contributed by atoms with Gasteiger partial charge in [-0.3, -0.25) is 9.78 Å². The number of nitrogens with zero attached hydrogens (tertiary/aromatic N) is 5. The number of hydrogen-bond acceptors (Lipinski definition) is 7. The van der Waals surface area contributed by atoms with Crippen LogP contribution in [0.5, 0.6) is 0 Å². The van der Waals surface area contributed by atoms with Gasteiger partial charge in [-0.1, -0.05) is 13.0 Å². The van der Waals surface area contributed by atoms with Gasteiger partial charge in [0.1, 0.15) is 17.7 Å². The van der Waals surface area contributed by atoms with Crippen molar-refractivity contribution in [1.29, 1.82) is 5.26 Å². The molecule has 1 aliphatic rings. The summed E-state index contributed by atoms with van der Waals surface area (Å²) in [7, 11) is 0. The zero-order valence-corrected chi connectivity index (χ0v) is 19.0. The van der Waals surface area contributed by atoms with Gasteiger partial charge in [0.25, 0.3) is 0 Å². The fraction of sp³-hybridized carbons (Fsp3) is 0.348. The Morgan fingerprint density at radius 3 is 2.97 bits per heavy atom. The van der Waals surface area contributed by atoms with E-state index >= 15 is 0 Å². The molecule has 0 fully saturated rings. The number of thiophene rings is 1. The van der Waals surface area contributed by atoms with E-state index in [2.05, 4.69) is 21.4 Å². The normalized spacial score (nSPS) is 13.6. The number of rotatable bonds is 7. The van der Waals surface area contributed by atoms with Crippen molar-refractivity contribution in [2.24, 2.45) is 0 Å². The second kappa shape index (κ2) is 10.3. The Kier molecular flexibility index (Phi) is 7.00. The molecule has 4 rings (SSSR count). The minimum Gasteiger partial charge on any atom is -0.448 e. The summed E-state index contributed by atoms with van der Waals surface area (Å²) in [5, 5.41) is 13.1. The first-order valence-electron chi connectivity index (χ1n) is 10.7. The van der Waals surface area contributed by atoms with E-state index in [0.29, 0.717) is 36.6 Å². The van der Waals surface area contributed by atoms with Crippen molar-refractivity contribution >= 4 is 28.3 Å². The lowest BCUT2D eigenvalue weighted by Gasteiger charge is -2.26. The SMILES string of the molecule is CC(CC(=O)Nc1sc2c(c1C#N)CCN(C(=O)OCCn1ccnc1)C2)c1ccccn1. The van der Waals surface area contributed by atoms with E-state index in [9.17, 15) is 14.9 Å². The lowest BCUT2D eigenvalue weighted by molar-refractivity contribution is -0.116. The van der Waals surface area contributed by atoms with Crippen LogP contribution < -0.4 is 5.32 Å². The molecule has 33 heavy (non-hydrogen) atoms. The predicted octanol–water partition coefficient (Wildman–Crippen LogP) is 3.54. The molecule has 1 atom stereocenters. The number of amides is 2. The summed E-state index contributed by atoms with van der Waals surface area (Å²) in [5.74, 6) is -0.210. The Bertz CT molecular complexity index is 1150. The van der Waals surface area contributed by atoms with Gasteiger partial charge in [0.05, 0.1) is 25.0 Å². The first-order chi connectivity index (χ1) is 16.0. The van der Waals surface area contributed by atoms with Gasteiger partial charge in [0.15, 0.2) is 0 Å². The first-order valence-corrected chi connectivity index (χ1v) is 11.5. The molecule has 0 bridgehead atoms. The number of carbonyl (C=O) groups excluding carboxylic acids is 2. The van der Waals surface area contributed by atoms with Crippen LogP contribution in [0.25, 0.3) is 0 Å². The fourth-order valence-electron chi connectivity index (χ4n) is 3.74. The summed E-state index contributed by atoms with van der Waals surface area (Å²) < 4.78 is 7.22. The number of nitriles is 1. The van der Waals surface area contributed by atoms with Crippen LogP contribution in [0.4, 0.5) is 9.80 Å². The fourth-order valence-corrected chi connectivity index (χ4v) is 4.97. The Hall–Kier alpha value is -3.71. The summed E-state index contributed by atoms with van der Waals surface area (Å²) in [4.78, 5) is 35.9. The van der Waals surface area contributed by atoms with Crippen LogP contribution in [0.15, 0.2) is 43.1 Å². The van der Waals surface area contributed by atoms with Crippen LogP contribution in [0.3, 0.4) is 0 Å². The molecule has 0 aliphatic carbocycles. The first kappa shape index (κ1) is 22.5. The summed E-state index contributed by atoms with van der Waals surface area (Å²) in [5.41, 5.74) is 2.24. The second-order valence-electron chi connectivity index (χ2n) is 7.81. The number of fused-ring (bicyclic) bond motifs is 1. The van der Waals surface area contributed by atoms with E-state index in [0.717, 1.165) is 16.1 Å². The molecule has 170 valence electrons. The van der Waals surface area contributed by atoms with Gasteiger partial charge in [-0.25, -0.2) is 9.78 Å². The van der Waals surface area contributed by atoms with Crippen molar-refractivity contribution in [3.05, 3.63) is 64.8 Å². The molecule has 0 saturated heterocycles. The van der Waals surface area contributed by atoms with Gasteiger partial charge >= 0.3 is 6.09 Å². The number of carbonyl (C=O) groups is 2. The number of hydrogen-bond donors (Lipinski definition) is 1. The van der Waals surface area contributed by atoms with Gasteiger partial charge < -0.3 is 19.5 Å². The van der Waals surface area contributed by atoms with Gasteiger partial charge in [0.2, 0.25) is 5.91 Å². The maximum atomic E-state index is 12.6. The molecule has 0 saturated carbocycles. The highest BCUT2D eigenvalue weighted by Gasteiger charge is 2.28. The molecule has 4 heterocycles. The number of pyridine rings is 1. The highest BCUT2D eigenvalue weighted by Crippen LogP contribution is 2.37. The zero-order chi connectivity index (χ0) is 23.2. The molecule has 3 aromatic heterocycles. The van der Waals surface area contributed by atoms with Crippen LogP contribution in [-0.2, 0) is 29.0 Å². The molecule has 0 radical (unpaired) electrons. The Labute approximate surface area is 195 Å². The topological polar surface area (TPSA) is 113 Å². The van der Waals surface area contributed by atoms with E-state index < -0.39 is 0 Å². The monoisotopic (exact) mass is 464 g/mol. The van der Waals surface area contributed by atoms with Crippen LogP contribution in [0.2, 0.25) is 0 Å². The van der Waals surface area contributed by atoms with Crippen molar-refractivity contribution < 1.29 is 14.3 Å². The van der Waals surface area contributed by atoms with Crippen LogP contribution in [0.1, 0.15) is 41.0 Å². The third-order valence-corrected chi connectivity index (χ3v) is 6.63. The Morgan fingerprint density at radius 1 is 1.36 bits per heavy atom. The average Bonchev–Trinajstić information content (AvgIpc) is 3.46. The summed E-state index contributed by atoms with van der Waals surface area (Å²) >= 11 is 1.35. The standard InChI is InChI=1S/C23H24N6O3S/c1-16(19-4-2-3-6-26-19)12-21(30)27-22-18(13-24)17-5-8-29(14-20(17)33-22)23(31)32-11-10-28-9-7-25-15-28/h2-4,6-7,9,15-16H,5,8,10-12,14H2,1H3,(H,27,30). The van der Waals surface area contributed by atoms with E-state index in [4.69, 9.17) is 4.74 Å². The molecule has 0 aromatic carbocycles. The number of imidazole rings is 1. The third kappa shape index (κ3) is 5.38. The quantitative estimate of drug-likeness (QED) is 0.572. The van der Waals surface area contributed by atoms with Crippen molar-refractivity contribution in [2.45, 2.75) is 38.8 Å². The molecule has 10 heteroatoms. The molecule has 9 nitrogen and oxygen atoms in total. The van der Waals surface area contributed by atoms with Gasteiger partial charge in [0, 0.05) is 48.0 Å². The molecule has 3 aromatic rings. The van der Waals surface area contributed by atoms with E-state index in [1.54, 1.807) is 23.6 Å². The highest BCUT2D eigenvalue weighted by atomic mass is 32.1. The maximum Gasteiger partial charge on any atom is 0.410 e. The van der Waals surface area contributed by atoms with Crippen molar-refractivity contribution in [3.8, 4) is 6.07 Å². The van der Waals surface area contributed by atoms with Crippen LogP contribution >= 0.6 is 11.3 Å². The molecular weight excluding hydrogens is 440 g/mol. The Balaban J connectivity index is 1.36. The molecule has 1 unspecified atom stereocenters. The summed E-state index contributed by atoms with van der Waals surface area (Å²) in [6.45, 7) is 3.56. The molecular formula is C23H24N6O3S. The molecule has 2 amide bonds. The second-order valence-corrected chi connectivity index (χ2v) is 8.92. The van der Waals surface area contributed by atoms with Gasteiger partial charge in [-0.05, 0) is 24.1 Å². The predicted molar refractivity (Wildman–Crippen MR) is 123 cm³/mol. The van der Waals surface area contributed by atoms with Gasteiger partial charge in [-0.2, -0.15) is 5.26 Å². The minimum atomic E-state index is -0.387. The Morgan fingerprint density at radius 2 is 2.24 bits per heavy atom. The number of aromatic nitrogens is 3. The lowest BCUT2D eigenvalue weighted by atomic mass is 10.0. The smallest absolute Gasteiger partial charge is 0.410 e. The van der Waals surface area contributed by atoms with Crippen molar-refractivity contribution in [2.75, 3.05) is 18.5 Å². The summed E-state index contributed by atoms with van der Waals surface area (Å²) in [6.07, 6.45) is 7.28. The van der Waals surface area contributed by atoms with Gasteiger partial charge in [-0.15, -0.1) is 11.3 Å². The third-order valence-electron chi connectivity index (χ3n) is 5.50. The van der Waals surface area contributed by atoms with Crippen LogP contribution in [-0.4, -0.2) is 44.6 Å². The largest absolute Gasteiger partial charge is 0.448 e. The van der Waals surface area contributed by atoms with Crippen LogP contribution in [0, 0.1) is 11.3 Å². The maximum absolute atomic E-state index is 12.6. The molecule has 1 N–H and O–H groups in total. The van der Waals surface area contributed by atoms with E-state index in [-0.39, 0.29) is 30.9 Å².